The third kappa shape index (κ3) is 3.82. The van der Waals surface area contributed by atoms with Crippen molar-refractivity contribution in [3.63, 3.8) is 0 Å². The molecule has 0 aliphatic rings. The van der Waals surface area contributed by atoms with Crippen LogP contribution in [0.4, 0.5) is 17.1 Å². The number of nitrogens with zero attached hydrogens (tertiary/aromatic N) is 2. The van der Waals surface area contributed by atoms with Gasteiger partial charge in [-0.05, 0) is 91.3 Å². The molecule has 0 bridgehead atoms. The number of hydrogen-bond acceptors (Lipinski definition) is 3. The maximum absolute atomic E-state index is 6.53. The number of anilines is 3. The molecule has 0 N–H and O–H groups in total. The minimum atomic E-state index is 0.694. The second kappa shape index (κ2) is 9.75. The first-order valence-corrected chi connectivity index (χ1v) is 15.8. The highest BCUT2D eigenvalue weighted by Crippen LogP contribution is 2.45. The number of halogens is 1. The van der Waals surface area contributed by atoms with Gasteiger partial charge < -0.3 is 9.32 Å². The van der Waals surface area contributed by atoms with Crippen molar-refractivity contribution < 1.29 is 4.42 Å². The molecule has 9 aromatic rings. The van der Waals surface area contributed by atoms with Crippen LogP contribution in [-0.4, -0.2) is 4.57 Å². The van der Waals surface area contributed by atoms with Crippen molar-refractivity contribution in [3.8, 4) is 5.69 Å². The zero-order valence-corrected chi connectivity index (χ0v) is 25.4. The van der Waals surface area contributed by atoms with Gasteiger partial charge in [0.05, 0.1) is 10.9 Å². The number of para-hydroxylation sites is 2. The summed E-state index contributed by atoms with van der Waals surface area (Å²) in [5.41, 5.74) is 8.33. The lowest BCUT2D eigenvalue weighted by atomic mass is 10.0. The largest absolute Gasteiger partial charge is 0.439 e. The Morgan fingerprint density at radius 1 is 0.614 bits per heavy atom. The van der Waals surface area contributed by atoms with Gasteiger partial charge in [-0.2, -0.15) is 0 Å². The molecule has 44 heavy (non-hydrogen) atoms. The molecule has 0 atom stereocenters. The van der Waals surface area contributed by atoms with Gasteiger partial charge in [0.2, 0.25) is 5.71 Å². The van der Waals surface area contributed by atoms with Crippen LogP contribution in [0.2, 0.25) is 5.02 Å². The molecule has 3 heterocycles. The Hall–Kier alpha value is -5.03. The summed E-state index contributed by atoms with van der Waals surface area (Å²) in [5.74, 6) is 0. The number of aryl methyl sites for hydroxylation is 1. The molecule has 0 fully saturated rings. The second-order valence-electron chi connectivity index (χ2n) is 11.2. The van der Waals surface area contributed by atoms with E-state index in [1.54, 1.807) is 0 Å². The summed E-state index contributed by atoms with van der Waals surface area (Å²) in [5, 5.41) is 6.56. The van der Waals surface area contributed by atoms with Crippen molar-refractivity contribution in [1.29, 1.82) is 0 Å². The van der Waals surface area contributed by atoms with Crippen molar-refractivity contribution in [2.45, 2.75) is 6.92 Å². The van der Waals surface area contributed by atoms with Crippen LogP contribution in [0.1, 0.15) is 5.56 Å². The lowest BCUT2D eigenvalue weighted by Crippen LogP contribution is -2.10. The van der Waals surface area contributed by atoms with Crippen molar-refractivity contribution in [1.82, 2.24) is 4.57 Å². The van der Waals surface area contributed by atoms with E-state index in [1.807, 2.05) is 35.6 Å². The molecule has 0 aliphatic carbocycles. The summed E-state index contributed by atoms with van der Waals surface area (Å²) in [6.07, 6.45) is 0. The molecule has 5 heteroatoms. The molecule has 9 rings (SSSR count). The normalized spacial score (nSPS) is 11.9. The molecular formula is C39H25ClN2OS. The van der Waals surface area contributed by atoms with Gasteiger partial charge in [0, 0.05) is 58.7 Å². The van der Waals surface area contributed by atoms with E-state index in [0.29, 0.717) is 5.02 Å². The van der Waals surface area contributed by atoms with Crippen LogP contribution in [0.3, 0.4) is 0 Å². The van der Waals surface area contributed by atoms with Gasteiger partial charge >= 0.3 is 0 Å². The molecule has 6 aromatic carbocycles. The van der Waals surface area contributed by atoms with Crippen LogP contribution in [0, 0.1) is 6.92 Å². The first-order chi connectivity index (χ1) is 21.6. The summed E-state index contributed by atoms with van der Waals surface area (Å²) in [6.45, 7) is 2.22. The molecule has 0 amide bonds. The zero-order valence-electron chi connectivity index (χ0n) is 23.8. The van der Waals surface area contributed by atoms with Crippen molar-refractivity contribution >= 4 is 93.1 Å². The maximum Gasteiger partial charge on any atom is 0.213 e. The Morgan fingerprint density at radius 2 is 1.39 bits per heavy atom. The average molecular weight is 605 g/mol. The van der Waals surface area contributed by atoms with E-state index in [9.17, 15) is 0 Å². The molecule has 0 saturated carbocycles. The number of fused-ring (bicyclic) bond motifs is 8. The van der Waals surface area contributed by atoms with E-state index >= 15 is 0 Å². The molecule has 0 radical (unpaired) electrons. The van der Waals surface area contributed by atoms with Crippen LogP contribution in [0.15, 0.2) is 138 Å². The Labute approximate surface area is 262 Å². The fourth-order valence-electron chi connectivity index (χ4n) is 6.67. The lowest BCUT2D eigenvalue weighted by Gasteiger charge is -2.26. The maximum atomic E-state index is 6.53. The van der Waals surface area contributed by atoms with Gasteiger partial charge in [0.1, 0.15) is 5.58 Å². The highest BCUT2D eigenvalue weighted by molar-refractivity contribution is 7.25. The van der Waals surface area contributed by atoms with E-state index in [-0.39, 0.29) is 0 Å². The summed E-state index contributed by atoms with van der Waals surface area (Å²) in [7, 11) is 0. The van der Waals surface area contributed by atoms with Crippen LogP contribution in [0.5, 0.6) is 0 Å². The van der Waals surface area contributed by atoms with Gasteiger partial charge in [-0.3, -0.25) is 4.57 Å². The summed E-state index contributed by atoms with van der Waals surface area (Å²) in [6, 6.07) is 46.9. The standard InChI is InChI=1S/C39H25ClN2OS/c1-24-20-29(23-36-37(24)31-14-8-9-15-35(31)44-36)41(26-10-4-2-5-11-26)28-17-18-30-33(22-28)42(27-12-6-3-7-13-27)39-38(30)32-21-25(40)16-19-34(32)43-39/h2-23H,1H3. The minimum Gasteiger partial charge on any atom is -0.439 e. The topological polar surface area (TPSA) is 21.3 Å². The fourth-order valence-corrected chi connectivity index (χ4v) is 8.06. The third-order valence-electron chi connectivity index (χ3n) is 8.53. The molecular weight excluding hydrogens is 580 g/mol. The van der Waals surface area contributed by atoms with E-state index in [4.69, 9.17) is 16.0 Å². The van der Waals surface area contributed by atoms with Crippen LogP contribution < -0.4 is 4.90 Å². The number of thiophene rings is 1. The summed E-state index contributed by atoms with van der Waals surface area (Å²) >= 11 is 8.33. The molecule has 0 unspecified atom stereocenters. The molecule has 3 aromatic heterocycles. The number of furan rings is 1. The Morgan fingerprint density at radius 3 is 2.23 bits per heavy atom. The third-order valence-corrected chi connectivity index (χ3v) is 9.88. The van der Waals surface area contributed by atoms with Crippen molar-refractivity contribution in [3.05, 3.63) is 144 Å². The monoisotopic (exact) mass is 604 g/mol. The first kappa shape index (κ1) is 25.5. The van der Waals surface area contributed by atoms with Gasteiger partial charge in [0.25, 0.3) is 0 Å². The fraction of sp³-hybridized carbons (Fsp3) is 0.0256. The molecule has 0 saturated heterocycles. The Bertz CT molecular complexity index is 2530. The first-order valence-electron chi connectivity index (χ1n) is 14.6. The second-order valence-corrected chi connectivity index (χ2v) is 12.7. The minimum absolute atomic E-state index is 0.694. The molecule has 3 nitrogen and oxygen atoms in total. The zero-order chi connectivity index (χ0) is 29.4. The number of hydrogen-bond donors (Lipinski definition) is 0. The molecule has 0 aliphatic heterocycles. The Balaban J connectivity index is 1.33. The number of benzene rings is 6. The van der Waals surface area contributed by atoms with E-state index < -0.39 is 0 Å². The highest BCUT2D eigenvalue weighted by Gasteiger charge is 2.22. The predicted molar refractivity (Wildman–Crippen MR) is 188 cm³/mol. The summed E-state index contributed by atoms with van der Waals surface area (Å²) in [4.78, 5) is 2.36. The van der Waals surface area contributed by atoms with Crippen LogP contribution >= 0.6 is 22.9 Å². The Kier molecular flexibility index (Phi) is 5.64. The van der Waals surface area contributed by atoms with Crippen LogP contribution in [0.25, 0.3) is 58.8 Å². The lowest BCUT2D eigenvalue weighted by molar-refractivity contribution is 0.645. The van der Waals surface area contributed by atoms with Crippen molar-refractivity contribution in [2.75, 3.05) is 4.90 Å². The molecule has 210 valence electrons. The predicted octanol–water partition coefficient (Wildman–Crippen LogP) is 12.3. The quantitative estimate of drug-likeness (QED) is 0.199. The van der Waals surface area contributed by atoms with E-state index in [2.05, 4.69) is 126 Å². The summed E-state index contributed by atoms with van der Waals surface area (Å²) < 4.78 is 11.4. The molecule has 0 spiro atoms. The van der Waals surface area contributed by atoms with Gasteiger partial charge in [-0.15, -0.1) is 11.3 Å². The van der Waals surface area contributed by atoms with E-state index in [1.165, 1.54) is 25.7 Å². The van der Waals surface area contributed by atoms with Crippen LogP contribution in [-0.2, 0) is 0 Å². The van der Waals surface area contributed by atoms with Gasteiger partial charge in [0.15, 0.2) is 0 Å². The smallest absolute Gasteiger partial charge is 0.213 e. The number of rotatable bonds is 4. The van der Waals surface area contributed by atoms with Gasteiger partial charge in [-0.25, -0.2) is 0 Å². The highest BCUT2D eigenvalue weighted by atomic mass is 35.5. The number of aromatic nitrogens is 1. The SMILES string of the molecule is Cc1cc(N(c2ccccc2)c2ccc3c4c5cc(Cl)ccc5oc4n(-c4ccccc4)c3c2)cc2sc3ccccc3c12. The van der Waals surface area contributed by atoms with E-state index in [0.717, 1.165) is 55.7 Å². The van der Waals surface area contributed by atoms with Gasteiger partial charge in [-0.1, -0.05) is 66.2 Å². The average Bonchev–Trinajstić information content (AvgIpc) is 3.70. The van der Waals surface area contributed by atoms with Crippen molar-refractivity contribution in [2.24, 2.45) is 0 Å².